The van der Waals surface area contributed by atoms with Gasteiger partial charge in [-0.15, -0.1) is 0 Å². The van der Waals surface area contributed by atoms with Crippen LogP contribution in [0, 0.1) is 0 Å². The first-order valence-corrected chi connectivity index (χ1v) is 10.7. The van der Waals surface area contributed by atoms with Crippen molar-refractivity contribution in [3.63, 3.8) is 0 Å². The standard InChI is InChI=1S/C26H32O2/c1-2-3-4-5-6-7-8-9-18-28-26-17-14-23-19-22(10-11-24(23)20-26)21-12-15-25(27)16-13-21/h10-17,19-20,27H,2-9,18H2,1H3. The molecule has 0 amide bonds. The first-order chi connectivity index (χ1) is 13.8. The summed E-state index contributed by atoms with van der Waals surface area (Å²) in [6, 6.07) is 20.1. The lowest BCUT2D eigenvalue weighted by molar-refractivity contribution is 0.304. The molecule has 0 saturated heterocycles. The summed E-state index contributed by atoms with van der Waals surface area (Å²) in [5, 5.41) is 11.8. The number of hydrogen-bond donors (Lipinski definition) is 1. The van der Waals surface area contributed by atoms with Crippen LogP contribution in [0.1, 0.15) is 58.3 Å². The van der Waals surface area contributed by atoms with E-state index in [0.717, 1.165) is 29.9 Å². The fourth-order valence-electron chi connectivity index (χ4n) is 3.57. The lowest BCUT2D eigenvalue weighted by Crippen LogP contribution is -1.97. The van der Waals surface area contributed by atoms with Gasteiger partial charge in [-0.05, 0) is 58.7 Å². The molecule has 0 aliphatic rings. The van der Waals surface area contributed by atoms with Crippen molar-refractivity contribution in [2.75, 3.05) is 6.61 Å². The molecule has 0 aromatic heterocycles. The molecule has 0 aliphatic heterocycles. The number of aromatic hydroxyl groups is 1. The molecular formula is C26H32O2. The molecule has 0 atom stereocenters. The first-order valence-electron chi connectivity index (χ1n) is 10.7. The molecule has 2 heteroatoms. The number of hydrogen-bond acceptors (Lipinski definition) is 2. The van der Waals surface area contributed by atoms with Gasteiger partial charge in [0.05, 0.1) is 6.61 Å². The summed E-state index contributed by atoms with van der Waals surface area (Å²) in [5.41, 5.74) is 2.26. The minimum atomic E-state index is 0.294. The van der Waals surface area contributed by atoms with Crippen molar-refractivity contribution in [1.82, 2.24) is 0 Å². The number of unbranched alkanes of at least 4 members (excludes halogenated alkanes) is 7. The van der Waals surface area contributed by atoms with Gasteiger partial charge in [0, 0.05) is 0 Å². The molecule has 0 fully saturated rings. The summed E-state index contributed by atoms with van der Waals surface area (Å²) in [4.78, 5) is 0. The van der Waals surface area contributed by atoms with Crippen molar-refractivity contribution in [3.8, 4) is 22.6 Å². The molecule has 0 aliphatic carbocycles. The van der Waals surface area contributed by atoms with E-state index in [1.54, 1.807) is 12.1 Å². The molecule has 28 heavy (non-hydrogen) atoms. The zero-order chi connectivity index (χ0) is 19.6. The summed E-state index contributed by atoms with van der Waals surface area (Å²) >= 11 is 0. The van der Waals surface area contributed by atoms with Crippen LogP contribution < -0.4 is 4.74 Å². The van der Waals surface area contributed by atoms with Gasteiger partial charge in [-0.25, -0.2) is 0 Å². The van der Waals surface area contributed by atoms with Crippen molar-refractivity contribution in [3.05, 3.63) is 60.7 Å². The Labute approximate surface area is 169 Å². The third kappa shape index (κ3) is 6.02. The average Bonchev–Trinajstić information content (AvgIpc) is 2.72. The summed E-state index contributed by atoms with van der Waals surface area (Å²) in [5.74, 6) is 1.25. The second-order valence-corrected chi connectivity index (χ2v) is 7.59. The lowest BCUT2D eigenvalue weighted by atomic mass is 10.0. The molecular weight excluding hydrogens is 344 g/mol. The van der Waals surface area contributed by atoms with Crippen LogP contribution in [0.3, 0.4) is 0 Å². The summed E-state index contributed by atoms with van der Waals surface area (Å²) in [6.07, 6.45) is 10.5. The van der Waals surface area contributed by atoms with Crippen LogP contribution in [0.5, 0.6) is 11.5 Å². The zero-order valence-electron chi connectivity index (χ0n) is 17.0. The first kappa shape index (κ1) is 20.3. The second-order valence-electron chi connectivity index (χ2n) is 7.59. The van der Waals surface area contributed by atoms with Gasteiger partial charge in [-0.3, -0.25) is 0 Å². The minimum Gasteiger partial charge on any atom is -0.508 e. The maximum absolute atomic E-state index is 9.45. The van der Waals surface area contributed by atoms with Gasteiger partial charge in [0.15, 0.2) is 0 Å². The summed E-state index contributed by atoms with van der Waals surface area (Å²) in [7, 11) is 0. The van der Waals surface area contributed by atoms with E-state index in [-0.39, 0.29) is 0 Å². The van der Waals surface area contributed by atoms with E-state index in [9.17, 15) is 5.11 Å². The van der Waals surface area contributed by atoms with Gasteiger partial charge in [0.25, 0.3) is 0 Å². The molecule has 0 bridgehead atoms. The topological polar surface area (TPSA) is 29.5 Å². The Kier molecular flexibility index (Phi) is 7.78. The fraction of sp³-hybridized carbons (Fsp3) is 0.385. The van der Waals surface area contributed by atoms with Crippen LogP contribution in [-0.4, -0.2) is 11.7 Å². The van der Waals surface area contributed by atoms with E-state index < -0.39 is 0 Å². The SMILES string of the molecule is CCCCCCCCCCOc1ccc2cc(-c3ccc(O)cc3)ccc2c1. The van der Waals surface area contributed by atoms with Gasteiger partial charge in [-0.2, -0.15) is 0 Å². The highest BCUT2D eigenvalue weighted by molar-refractivity contribution is 5.88. The number of phenolic OH excluding ortho intramolecular Hbond substituents is 1. The Balaban J connectivity index is 1.48. The van der Waals surface area contributed by atoms with Crippen LogP contribution in [-0.2, 0) is 0 Å². The molecule has 0 saturated carbocycles. The van der Waals surface area contributed by atoms with Crippen LogP contribution in [0.15, 0.2) is 60.7 Å². The van der Waals surface area contributed by atoms with Gasteiger partial charge in [0.2, 0.25) is 0 Å². The van der Waals surface area contributed by atoms with E-state index in [4.69, 9.17) is 4.74 Å². The third-order valence-electron chi connectivity index (χ3n) is 5.28. The number of ether oxygens (including phenoxy) is 1. The Morgan fingerprint density at radius 1 is 0.643 bits per heavy atom. The normalized spacial score (nSPS) is 11.0. The minimum absolute atomic E-state index is 0.294. The molecule has 0 spiro atoms. The molecule has 3 aromatic rings. The Bertz CT molecular complexity index is 852. The van der Waals surface area contributed by atoms with Gasteiger partial charge >= 0.3 is 0 Å². The number of rotatable bonds is 11. The Morgan fingerprint density at radius 3 is 2.00 bits per heavy atom. The molecule has 0 heterocycles. The fourth-order valence-corrected chi connectivity index (χ4v) is 3.57. The quantitative estimate of drug-likeness (QED) is 0.347. The van der Waals surface area contributed by atoms with E-state index in [0.29, 0.717) is 5.75 Å². The highest BCUT2D eigenvalue weighted by atomic mass is 16.5. The lowest BCUT2D eigenvalue weighted by Gasteiger charge is -2.09. The van der Waals surface area contributed by atoms with Crippen molar-refractivity contribution >= 4 is 10.8 Å². The van der Waals surface area contributed by atoms with Crippen molar-refractivity contribution < 1.29 is 9.84 Å². The van der Waals surface area contributed by atoms with Crippen LogP contribution in [0.25, 0.3) is 21.9 Å². The summed E-state index contributed by atoms with van der Waals surface area (Å²) < 4.78 is 5.96. The Hall–Kier alpha value is -2.48. The largest absolute Gasteiger partial charge is 0.508 e. The number of fused-ring (bicyclic) bond motifs is 1. The molecule has 148 valence electrons. The average molecular weight is 377 g/mol. The van der Waals surface area contributed by atoms with Crippen LogP contribution >= 0.6 is 0 Å². The van der Waals surface area contributed by atoms with Crippen molar-refractivity contribution in [2.45, 2.75) is 58.3 Å². The monoisotopic (exact) mass is 376 g/mol. The zero-order valence-corrected chi connectivity index (χ0v) is 17.0. The number of phenols is 1. The van der Waals surface area contributed by atoms with Crippen LogP contribution in [0.2, 0.25) is 0 Å². The van der Waals surface area contributed by atoms with Gasteiger partial charge < -0.3 is 9.84 Å². The van der Waals surface area contributed by atoms with Gasteiger partial charge in [-0.1, -0.05) is 82.2 Å². The molecule has 2 nitrogen and oxygen atoms in total. The molecule has 3 aromatic carbocycles. The van der Waals surface area contributed by atoms with E-state index in [2.05, 4.69) is 43.3 Å². The van der Waals surface area contributed by atoms with E-state index >= 15 is 0 Å². The predicted octanol–water partition coefficient (Wildman–Crippen LogP) is 7.73. The third-order valence-corrected chi connectivity index (χ3v) is 5.28. The maximum atomic E-state index is 9.45. The molecule has 3 rings (SSSR count). The van der Waals surface area contributed by atoms with Gasteiger partial charge in [0.1, 0.15) is 11.5 Å². The number of benzene rings is 3. The van der Waals surface area contributed by atoms with Crippen molar-refractivity contribution in [1.29, 1.82) is 0 Å². The second kappa shape index (κ2) is 10.8. The maximum Gasteiger partial charge on any atom is 0.119 e. The van der Waals surface area contributed by atoms with E-state index in [1.165, 1.54) is 55.7 Å². The summed E-state index contributed by atoms with van der Waals surface area (Å²) in [6.45, 7) is 3.06. The van der Waals surface area contributed by atoms with Crippen LogP contribution in [0.4, 0.5) is 0 Å². The Morgan fingerprint density at radius 2 is 1.25 bits per heavy atom. The molecule has 1 N–H and O–H groups in total. The highest BCUT2D eigenvalue weighted by Gasteiger charge is 2.02. The van der Waals surface area contributed by atoms with Crippen molar-refractivity contribution in [2.24, 2.45) is 0 Å². The van der Waals surface area contributed by atoms with E-state index in [1.807, 2.05) is 12.1 Å². The smallest absolute Gasteiger partial charge is 0.119 e. The molecule has 0 unspecified atom stereocenters. The predicted molar refractivity (Wildman–Crippen MR) is 119 cm³/mol. The molecule has 0 radical (unpaired) electrons. The highest BCUT2D eigenvalue weighted by Crippen LogP contribution is 2.28.